The molecule has 1 aromatic carbocycles. The van der Waals surface area contributed by atoms with E-state index in [1.807, 2.05) is 12.1 Å². The maximum atomic E-state index is 12.8. The van der Waals surface area contributed by atoms with Gasteiger partial charge in [0.05, 0.1) is 0 Å². The third-order valence-corrected chi connectivity index (χ3v) is 4.06. The van der Waals surface area contributed by atoms with Crippen LogP contribution < -0.4 is 0 Å². The van der Waals surface area contributed by atoms with E-state index in [1.54, 1.807) is 0 Å². The van der Waals surface area contributed by atoms with Crippen molar-refractivity contribution >= 4 is 6.08 Å². The lowest BCUT2D eigenvalue weighted by molar-refractivity contribution is 0.257. The molecule has 0 N–H and O–H groups in total. The number of rotatable bonds is 4. The molecule has 1 atom stereocenters. The normalized spacial score (nSPS) is 21.5. The van der Waals surface area contributed by atoms with E-state index in [-0.39, 0.29) is 5.82 Å². The van der Waals surface area contributed by atoms with Gasteiger partial charge in [-0.05, 0) is 64.1 Å². The summed E-state index contributed by atoms with van der Waals surface area (Å²) in [6.45, 7) is 3.33. The molecule has 20 heavy (non-hydrogen) atoms. The summed E-state index contributed by atoms with van der Waals surface area (Å²) in [6, 6.07) is 7.37. The number of hydrogen-bond acceptors (Lipinski definition) is 2. The highest BCUT2D eigenvalue weighted by Gasteiger charge is 2.17. The topological polar surface area (TPSA) is 6.48 Å². The van der Waals surface area contributed by atoms with Crippen molar-refractivity contribution in [3.05, 3.63) is 41.7 Å². The molecule has 0 bridgehead atoms. The summed E-state index contributed by atoms with van der Waals surface area (Å²) < 4.78 is 12.8. The highest BCUT2D eigenvalue weighted by molar-refractivity contribution is 5.48. The minimum atomic E-state index is -0.176. The molecule has 1 aromatic rings. The summed E-state index contributed by atoms with van der Waals surface area (Å²) >= 11 is 0. The van der Waals surface area contributed by atoms with Crippen LogP contribution in [0.4, 0.5) is 4.39 Å². The molecule has 1 heterocycles. The molecule has 0 radical (unpaired) electrons. The van der Waals surface area contributed by atoms with Gasteiger partial charge in [0.1, 0.15) is 5.82 Å². The largest absolute Gasteiger partial charge is 0.306 e. The zero-order valence-electron chi connectivity index (χ0n) is 12.6. The maximum absolute atomic E-state index is 12.8. The molecule has 0 aromatic heterocycles. The average Bonchev–Trinajstić information content (AvgIpc) is 2.67. The molecule has 1 unspecified atom stereocenters. The zero-order chi connectivity index (χ0) is 14.4. The van der Waals surface area contributed by atoms with Crippen molar-refractivity contribution in [3.8, 4) is 0 Å². The lowest BCUT2D eigenvalue weighted by atomic mass is 10.1. The fraction of sp³-hybridized carbons (Fsp3) is 0.529. The highest BCUT2D eigenvalue weighted by Crippen LogP contribution is 2.14. The second-order valence-corrected chi connectivity index (χ2v) is 5.80. The van der Waals surface area contributed by atoms with Gasteiger partial charge in [-0.15, -0.1) is 0 Å². The molecule has 3 heteroatoms. The van der Waals surface area contributed by atoms with Gasteiger partial charge in [0.2, 0.25) is 0 Å². The van der Waals surface area contributed by atoms with Crippen molar-refractivity contribution < 1.29 is 4.39 Å². The Morgan fingerprint density at radius 2 is 1.95 bits per heavy atom. The molecule has 0 amide bonds. The number of benzene rings is 1. The van der Waals surface area contributed by atoms with Crippen LogP contribution in [0.3, 0.4) is 0 Å². The first kappa shape index (κ1) is 15.2. The Labute approximate surface area is 121 Å². The molecule has 2 nitrogen and oxygen atoms in total. The van der Waals surface area contributed by atoms with E-state index < -0.39 is 0 Å². The second kappa shape index (κ2) is 7.55. The van der Waals surface area contributed by atoms with Gasteiger partial charge in [-0.1, -0.05) is 24.3 Å². The number of likely N-dealkylation sites (tertiary alicyclic amines) is 1. The fourth-order valence-electron chi connectivity index (χ4n) is 2.75. The van der Waals surface area contributed by atoms with Gasteiger partial charge in [-0.2, -0.15) is 0 Å². The Kier molecular flexibility index (Phi) is 5.74. The summed E-state index contributed by atoms with van der Waals surface area (Å²) in [6.07, 6.45) is 8.08. The summed E-state index contributed by atoms with van der Waals surface area (Å²) in [5.41, 5.74) is 1.06. The predicted octanol–water partition coefficient (Wildman–Crippen LogP) is 3.26. The fourth-order valence-corrected chi connectivity index (χ4v) is 2.75. The quantitative estimate of drug-likeness (QED) is 0.833. The number of hydrogen-bond donors (Lipinski definition) is 0. The van der Waals surface area contributed by atoms with Crippen LogP contribution in [0, 0.1) is 5.82 Å². The summed E-state index contributed by atoms with van der Waals surface area (Å²) in [7, 11) is 4.35. The maximum Gasteiger partial charge on any atom is 0.123 e. The Bertz CT molecular complexity index is 425. The van der Waals surface area contributed by atoms with Crippen molar-refractivity contribution in [3.63, 3.8) is 0 Å². The van der Waals surface area contributed by atoms with Gasteiger partial charge >= 0.3 is 0 Å². The van der Waals surface area contributed by atoms with Crippen LogP contribution in [-0.2, 0) is 0 Å². The van der Waals surface area contributed by atoms with Crippen molar-refractivity contribution in [2.75, 3.05) is 33.7 Å². The Hall–Kier alpha value is -1.19. The van der Waals surface area contributed by atoms with Gasteiger partial charge in [0, 0.05) is 12.6 Å². The summed E-state index contributed by atoms with van der Waals surface area (Å²) in [4.78, 5) is 4.85. The minimum Gasteiger partial charge on any atom is -0.306 e. The molecule has 110 valence electrons. The smallest absolute Gasteiger partial charge is 0.123 e. The monoisotopic (exact) mass is 276 g/mol. The van der Waals surface area contributed by atoms with Crippen molar-refractivity contribution in [2.24, 2.45) is 0 Å². The van der Waals surface area contributed by atoms with Crippen LogP contribution in [0.2, 0.25) is 0 Å². The summed E-state index contributed by atoms with van der Waals surface area (Å²) in [5, 5.41) is 0. The zero-order valence-corrected chi connectivity index (χ0v) is 12.6. The molecule has 0 aliphatic carbocycles. The molecule has 2 rings (SSSR count). The molecular formula is C17H25FN2. The average molecular weight is 276 g/mol. The van der Waals surface area contributed by atoms with E-state index in [4.69, 9.17) is 0 Å². The first-order valence-electron chi connectivity index (χ1n) is 7.46. The van der Waals surface area contributed by atoms with E-state index in [2.05, 4.69) is 36.0 Å². The Balaban J connectivity index is 1.80. The number of halogens is 1. The van der Waals surface area contributed by atoms with Crippen LogP contribution in [0.25, 0.3) is 6.08 Å². The van der Waals surface area contributed by atoms with Gasteiger partial charge in [-0.3, -0.25) is 4.90 Å². The van der Waals surface area contributed by atoms with Crippen molar-refractivity contribution in [1.29, 1.82) is 0 Å². The van der Waals surface area contributed by atoms with Crippen LogP contribution in [0.1, 0.15) is 24.8 Å². The van der Waals surface area contributed by atoms with Gasteiger partial charge in [0.15, 0.2) is 0 Å². The second-order valence-electron chi connectivity index (χ2n) is 5.80. The predicted molar refractivity (Wildman–Crippen MR) is 83.2 cm³/mol. The van der Waals surface area contributed by atoms with Crippen molar-refractivity contribution in [1.82, 2.24) is 9.80 Å². The first-order chi connectivity index (χ1) is 9.65. The lowest BCUT2D eigenvalue weighted by Crippen LogP contribution is -2.30. The van der Waals surface area contributed by atoms with E-state index >= 15 is 0 Å². The van der Waals surface area contributed by atoms with Gasteiger partial charge in [0.25, 0.3) is 0 Å². The Morgan fingerprint density at radius 3 is 2.65 bits per heavy atom. The third kappa shape index (κ3) is 4.73. The van der Waals surface area contributed by atoms with Crippen LogP contribution in [-0.4, -0.2) is 49.6 Å². The third-order valence-electron chi connectivity index (χ3n) is 4.06. The molecular weight excluding hydrogens is 251 g/mol. The lowest BCUT2D eigenvalue weighted by Gasteiger charge is -2.22. The number of nitrogens with zero attached hydrogens (tertiary/aromatic N) is 2. The Morgan fingerprint density at radius 1 is 1.20 bits per heavy atom. The highest BCUT2D eigenvalue weighted by atomic mass is 19.1. The van der Waals surface area contributed by atoms with Crippen LogP contribution >= 0.6 is 0 Å². The molecule has 1 fully saturated rings. The molecule has 1 aliphatic heterocycles. The summed E-state index contributed by atoms with van der Waals surface area (Å²) in [5.74, 6) is -0.176. The standard InChI is InChI=1S/C17H25FN2/c1-19(2)17-6-4-13-20(14-11-17)12-3-5-15-7-9-16(18)10-8-15/h3,5,7-10,17H,4,6,11-14H2,1-2H3. The van der Waals surface area contributed by atoms with Gasteiger partial charge < -0.3 is 4.90 Å². The van der Waals surface area contributed by atoms with E-state index in [9.17, 15) is 4.39 Å². The molecule has 1 aliphatic rings. The van der Waals surface area contributed by atoms with E-state index in [1.165, 1.54) is 37.9 Å². The van der Waals surface area contributed by atoms with E-state index in [0.29, 0.717) is 0 Å². The van der Waals surface area contributed by atoms with Crippen LogP contribution in [0.5, 0.6) is 0 Å². The molecule has 0 saturated carbocycles. The van der Waals surface area contributed by atoms with E-state index in [0.717, 1.165) is 24.7 Å². The first-order valence-corrected chi connectivity index (χ1v) is 7.46. The minimum absolute atomic E-state index is 0.176. The van der Waals surface area contributed by atoms with Gasteiger partial charge in [-0.25, -0.2) is 4.39 Å². The molecule has 1 saturated heterocycles. The van der Waals surface area contributed by atoms with Crippen molar-refractivity contribution in [2.45, 2.75) is 25.3 Å². The SMILES string of the molecule is CN(C)C1CCCN(CC=Cc2ccc(F)cc2)CC1. The molecule has 0 spiro atoms. The van der Waals surface area contributed by atoms with Crippen LogP contribution in [0.15, 0.2) is 30.3 Å².